The highest BCUT2D eigenvalue weighted by atomic mass is 79.9. The van der Waals surface area contributed by atoms with E-state index in [-0.39, 0.29) is 12.5 Å². The van der Waals surface area contributed by atoms with E-state index in [9.17, 15) is 5.11 Å². The van der Waals surface area contributed by atoms with E-state index in [2.05, 4.69) is 46.4 Å². The van der Waals surface area contributed by atoms with Gasteiger partial charge in [0.1, 0.15) is 0 Å². The second kappa shape index (κ2) is 4.60. The second-order valence-corrected chi connectivity index (χ2v) is 4.86. The molecule has 0 aliphatic heterocycles. The summed E-state index contributed by atoms with van der Waals surface area (Å²) in [6.45, 7) is 4.41. The van der Waals surface area contributed by atoms with Crippen molar-refractivity contribution in [3.05, 3.63) is 40.1 Å². The van der Waals surface area contributed by atoms with E-state index in [4.69, 9.17) is 0 Å². The number of hydrogen-bond donors (Lipinski definition) is 1. The van der Waals surface area contributed by atoms with Crippen LogP contribution < -0.4 is 0 Å². The number of nitrogens with zero attached hydrogens (tertiary/aromatic N) is 1. The first-order valence-electron chi connectivity index (χ1n) is 5.56. The van der Waals surface area contributed by atoms with Crippen LogP contribution in [0.1, 0.15) is 30.5 Å². The molecule has 3 heteroatoms. The van der Waals surface area contributed by atoms with Crippen molar-refractivity contribution in [3.8, 4) is 0 Å². The normalized spacial score (nSPS) is 13.2. The molecular weight excluding hydrogens is 266 g/mol. The molecule has 2 aromatic rings. The van der Waals surface area contributed by atoms with Gasteiger partial charge in [0.05, 0.1) is 12.1 Å². The monoisotopic (exact) mass is 281 g/mol. The van der Waals surface area contributed by atoms with Gasteiger partial charge in [0.15, 0.2) is 0 Å². The van der Waals surface area contributed by atoms with E-state index >= 15 is 0 Å². The Hall–Kier alpha value is -0.800. The van der Waals surface area contributed by atoms with Gasteiger partial charge in [-0.05, 0) is 47.0 Å². The number of aromatic nitrogens is 1. The number of aliphatic hydroxyl groups excluding tert-OH is 1. The molecule has 0 spiro atoms. The van der Waals surface area contributed by atoms with E-state index in [0.717, 1.165) is 10.9 Å². The Morgan fingerprint density at radius 3 is 2.81 bits per heavy atom. The van der Waals surface area contributed by atoms with Gasteiger partial charge in [-0.2, -0.15) is 0 Å². The maximum Gasteiger partial charge on any atom is 0.0597 e. The number of fused-ring (bicyclic) bond motifs is 1. The van der Waals surface area contributed by atoms with Crippen LogP contribution in [-0.4, -0.2) is 16.1 Å². The number of hydrogen-bond acceptors (Lipinski definition) is 1. The van der Waals surface area contributed by atoms with E-state index in [0.29, 0.717) is 0 Å². The largest absolute Gasteiger partial charge is 0.396 e. The number of rotatable bonds is 3. The third-order valence-electron chi connectivity index (χ3n) is 3.16. The first kappa shape index (κ1) is 11.7. The molecule has 0 radical (unpaired) electrons. The molecule has 1 unspecified atom stereocenters. The van der Waals surface area contributed by atoms with Gasteiger partial charge in [0.2, 0.25) is 0 Å². The van der Waals surface area contributed by atoms with Gasteiger partial charge in [-0.25, -0.2) is 0 Å². The fourth-order valence-electron chi connectivity index (χ4n) is 2.23. The second-order valence-electron chi connectivity index (χ2n) is 4.07. The van der Waals surface area contributed by atoms with Crippen molar-refractivity contribution in [2.24, 2.45) is 0 Å². The average molecular weight is 282 g/mol. The van der Waals surface area contributed by atoms with E-state index < -0.39 is 0 Å². The van der Waals surface area contributed by atoms with Gasteiger partial charge >= 0.3 is 0 Å². The number of pyridine rings is 1. The smallest absolute Gasteiger partial charge is 0.0597 e. The van der Waals surface area contributed by atoms with Crippen LogP contribution in [0, 0.1) is 6.92 Å². The van der Waals surface area contributed by atoms with Crippen LogP contribution in [0.4, 0.5) is 0 Å². The van der Waals surface area contributed by atoms with Crippen LogP contribution in [-0.2, 0) is 0 Å². The summed E-state index contributed by atoms with van der Waals surface area (Å²) in [4.78, 5) is 0. The molecule has 0 aliphatic carbocycles. The standard InChI is InChI=1S/C13H16BrNO/c1-3-10(8-16)13-9(2)12(14)11-6-4-5-7-15(11)13/h4-7,10,16H,3,8H2,1-2H3. The third kappa shape index (κ3) is 1.68. The summed E-state index contributed by atoms with van der Waals surface area (Å²) in [6, 6.07) is 6.14. The first-order valence-corrected chi connectivity index (χ1v) is 6.35. The van der Waals surface area contributed by atoms with E-state index in [1.54, 1.807) is 0 Å². The highest BCUT2D eigenvalue weighted by molar-refractivity contribution is 9.10. The fraction of sp³-hybridized carbons (Fsp3) is 0.385. The molecule has 86 valence electrons. The molecule has 2 aromatic heterocycles. The third-order valence-corrected chi connectivity index (χ3v) is 4.16. The van der Waals surface area contributed by atoms with Crippen LogP contribution in [0.15, 0.2) is 28.9 Å². The van der Waals surface area contributed by atoms with E-state index in [1.165, 1.54) is 16.8 Å². The van der Waals surface area contributed by atoms with Gasteiger partial charge in [-0.15, -0.1) is 0 Å². The molecule has 0 fully saturated rings. The van der Waals surface area contributed by atoms with Crippen molar-refractivity contribution < 1.29 is 5.11 Å². The Balaban J connectivity index is 2.72. The maximum atomic E-state index is 9.44. The average Bonchev–Trinajstić information content (AvgIpc) is 2.57. The first-order chi connectivity index (χ1) is 7.70. The Kier molecular flexibility index (Phi) is 3.36. The van der Waals surface area contributed by atoms with Crippen LogP contribution >= 0.6 is 15.9 Å². The minimum Gasteiger partial charge on any atom is -0.396 e. The van der Waals surface area contributed by atoms with E-state index in [1.807, 2.05) is 12.1 Å². The van der Waals surface area contributed by atoms with Crippen molar-refractivity contribution >= 4 is 21.4 Å². The summed E-state index contributed by atoms with van der Waals surface area (Å²) >= 11 is 3.63. The molecule has 1 N–H and O–H groups in total. The van der Waals surface area contributed by atoms with Crippen LogP contribution in [0.5, 0.6) is 0 Å². The summed E-state index contributed by atoms with van der Waals surface area (Å²) in [5.41, 5.74) is 3.61. The molecule has 2 heterocycles. The molecule has 0 bridgehead atoms. The van der Waals surface area contributed by atoms with Crippen molar-refractivity contribution in [1.29, 1.82) is 0 Å². The van der Waals surface area contributed by atoms with Gasteiger partial charge in [0, 0.05) is 22.3 Å². The quantitative estimate of drug-likeness (QED) is 0.915. The maximum absolute atomic E-state index is 9.44. The number of halogens is 1. The lowest BCUT2D eigenvalue weighted by Crippen LogP contribution is -2.07. The summed E-state index contributed by atoms with van der Waals surface area (Å²) in [7, 11) is 0. The summed E-state index contributed by atoms with van der Waals surface area (Å²) in [5, 5.41) is 9.44. The Labute approximate surface area is 104 Å². The van der Waals surface area contributed by atoms with Crippen LogP contribution in [0.25, 0.3) is 5.52 Å². The molecule has 0 aromatic carbocycles. The minimum atomic E-state index is 0.199. The molecule has 0 saturated carbocycles. The minimum absolute atomic E-state index is 0.199. The van der Waals surface area contributed by atoms with Crippen molar-refractivity contribution in [2.75, 3.05) is 6.61 Å². The summed E-state index contributed by atoms with van der Waals surface area (Å²) in [5.74, 6) is 0.209. The highest BCUT2D eigenvalue weighted by Gasteiger charge is 2.19. The summed E-state index contributed by atoms with van der Waals surface area (Å²) < 4.78 is 3.30. The Morgan fingerprint density at radius 2 is 2.19 bits per heavy atom. The molecular formula is C13H16BrNO. The molecule has 0 saturated heterocycles. The zero-order valence-electron chi connectivity index (χ0n) is 9.57. The topological polar surface area (TPSA) is 24.6 Å². The molecule has 0 amide bonds. The zero-order chi connectivity index (χ0) is 11.7. The van der Waals surface area contributed by atoms with Crippen molar-refractivity contribution in [2.45, 2.75) is 26.2 Å². The fourth-order valence-corrected chi connectivity index (χ4v) is 2.76. The van der Waals surface area contributed by atoms with Crippen LogP contribution in [0.2, 0.25) is 0 Å². The Bertz CT molecular complexity index is 500. The predicted molar refractivity (Wildman–Crippen MR) is 70.0 cm³/mol. The van der Waals surface area contributed by atoms with Gasteiger partial charge < -0.3 is 9.51 Å². The van der Waals surface area contributed by atoms with Crippen molar-refractivity contribution in [1.82, 2.24) is 4.40 Å². The lowest BCUT2D eigenvalue weighted by molar-refractivity contribution is 0.259. The predicted octanol–water partition coefficient (Wildman–Crippen LogP) is 3.50. The molecule has 16 heavy (non-hydrogen) atoms. The molecule has 0 aliphatic rings. The molecule has 1 atom stereocenters. The SMILES string of the molecule is CCC(CO)c1c(C)c(Br)c2ccccn12. The van der Waals surface area contributed by atoms with Crippen molar-refractivity contribution in [3.63, 3.8) is 0 Å². The molecule has 2 rings (SSSR count). The Morgan fingerprint density at radius 1 is 1.44 bits per heavy atom. The summed E-state index contributed by atoms with van der Waals surface area (Å²) in [6.07, 6.45) is 3.01. The van der Waals surface area contributed by atoms with Gasteiger partial charge in [-0.1, -0.05) is 13.0 Å². The highest BCUT2D eigenvalue weighted by Crippen LogP contribution is 2.33. The van der Waals surface area contributed by atoms with Crippen LogP contribution in [0.3, 0.4) is 0 Å². The molecule has 2 nitrogen and oxygen atoms in total. The van der Waals surface area contributed by atoms with Gasteiger partial charge in [0.25, 0.3) is 0 Å². The lowest BCUT2D eigenvalue weighted by Gasteiger charge is -2.13. The number of aliphatic hydroxyl groups is 1. The van der Waals surface area contributed by atoms with Gasteiger partial charge in [-0.3, -0.25) is 0 Å². The zero-order valence-corrected chi connectivity index (χ0v) is 11.2. The lowest BCUT2D eigenvalue weighted by atomic mass is 10.0.